The molecule has 0 amide bonds. The van der Waals surface area contributed by atoms with Gasteiger partial charge in [-0.05, 0) is 74.3 Å². The summed E-state index contributed by atoms with van der Waals surface area (Å²) < 4.78 is 55.2. The second-order valence-electron chi connectivity index (χ2n) is 9.42. The van der Waals surface area contributed by atoms with Crippen LogP contribution >= 0.6 is 0 Å². The van der Waals surface area contributed by atoms with E-state index in [1.807, 2.05) is 26.0 Å². The number of esters is 1. The highest BCUT2D eigenvalue weighted by Crippen LogP contribution is 2.38. The van der Waals surface area contributed by atoms with Gasteiger partial charge in [-0.25, -0.2) is 18.0 Å². The lowest BCUT2D eigenvalue weighted by atomic mass is 9.82. The minimum absolute atomic E-state index is 0.114. The fourth-order valence-electron chi connectivity index (χ4n) is 4.62. The summed E-state index contributed by atoms with van der Waals surface area (Å²) in [5.41, 5.74) is 2.41. The fraction of sp³-hybridized carbons (Fsp3) is 0.367. The zero-order valence-electron chi connectivity index (χ0n) is 20.7. The van der Waals surface area contributed by atoms with Crippen molar-refractivity contribution in [2.24, 2.45) is 0 Å². The van der Waals surface area contributed by atoms with Crippen molar-refractivity contribution in [1.29, 1.82) is 0 Å². The molecular formula is C30H31F3O3. The normalized spacial score (nSPS) is 17.6. The molecule has 0 N–H and O–H groups in total. The number of carbonyl (C=O) groups excluding carboxylic acids is 1. The van der Waals surface area contributed by atoms with E-state index in [9.17, 15) is 13.6 Å². The van der Waals surface area contributed by atoms with Crippen LogP contribution in [0.2, 0.25) is 0 Å². The number of unbranched alkanes of at least 4 members (excludes halogenated alkanes) is 1. The summed E-state index contributed by atoms with van der Waals surface area (Å²) in [5, 5.41) is 0. The highest BCUT2D eigenvalue weighted by atomic mass is 19.2. The third-order valence-corrected chi connectivity index (χ3v) is 6.79. The molecule has 0 atom stereocenters. The van der Waals surface area contributed by atoms with E-state index in [4.69, 9.17) is 9.47 Å². The van der Waals surface area contributed by atoms with Gasteiger partial charge in [0.15, 0.2) is 23.2 Å². The molecule has 0 bridgehead atoms. The van der Waals surface area contributed by atoms with Crippen molar-refractivity contribution < 1.29 is 27.4 Å². The predicted octanol–water partition coefficient (Wildman–Crippen LogP) is 8.14. The lowest BCUT2D eigenvalue weighted by Crippen LogP contribution is -2.24. The summed E-state index contributed by atoms with van der Waals surface area (Å²) in [4.78, 5) is 12.5. The van der Waals surface area contributed by atoms with Crippen molar-refractivity contribution in [2.75, 3.05) is 6.61 Å². The molecule has 3 aromatic rings. The second-order valence-corrected chi connectivity index (χ2v) is 9.42. The van der Waals surface area contributed by atoms with E-state index in [1.165, 1.54) is 12.1 Å². The molecule has 36 heavy (non-hydrogen) atoms. The highest BCUT2D eigenvalue weighted by molar-refractivity contribution is 5.89. The molecule has 4 rings (SSSR count). The number of ether oxygens (including phenoxy) is 2. The number of halogens is 3. The molecule has 0 unspecified atom stereocenters. The van der Waals surface area contributed by atoms with E-state index in [0.29, 0.717) is 43.4 Å². The summed E-state index contributed by atoms with van der Waals surface area (Å²) in [6.07, 6.45) is 3.59. The largest absolute Gasteiger partial charge is 0.491 e. The van der Waals surface area contributed by atoms with Crippen LogP contribution in [0.1, 0.15) is 72.9 Å². The van der Waals surface area contributed by atoms with Crippen molar-refractivity contribution >= 4 is 5.97 Å². The molecule has 6 heteroatoms. The molecule has 1 aliphatic rings. The molecular weight excluding hydrogens is 465 g/mol. The highest BCUT2D eigenvalue weighted by Gasteiger charge is 2.28. The van der Waals surface area contributed by atoms with Gasteiger partial charge in [-0.2, -0.15) is 0 Å². The van der Waals surface area contributed by atoms with Gasteiger partial charge in [-0.15, -0.1) is 0 Å². The Kier molecular flexibility index (Phi) is 8.34. The Balaban J connectivity index is 1.35. The van der Waals surface area contributed by atoms with Crippen molar-refractivity contribution in [1.82, 2.24) is 0 Å². The Morgan fingerprint density at radius 2 is 1.64 bits per heavy atom. The maximum atomic E-state index is 15.0. The molecule has 0 heterocycles. The van der Waals surface area contributed by atoms with Crippen molar-refractivity contribution in [2.45, 2.75) is 64.4 Å². The number of carbonyl (C=O) groups is 1. The Hall–Kier alpha value is -3.28. The van der Waals surface area contributed by atoms with Crippen LogP contribution in [-0.4, -0.2) is 18.7 Å². The minimum atomic E-state index is -0.839. The maximum absolute atomic E-state index is 15.0. The lowest BCUT2D eigenvalue weighted by Gasteiger charge is -2.29. The number of benzene rings is 3. The molecule has 1 aliphatic carbocycles. The van der Waals surface area contributed by atoms with Crippen LogP contribution in [0.4, 0.5) is 13.2 Å². The van der Waals surface area contributed by atoms with Crippen LogP contribution in [0.15, 0.2) is 54.6 Å². The Morgan fingerprint density at radius 1 is 0.917 bits per heavy atom. The smallest absolute Gasteiger partial charge is 0.338 e. The standard InChI is InChI=1S/C30H31F3O3/c1-3-4-17-35-27-16-11-22(18-26(27)31)30(34)36-23-12-9-21(10-13-23)25-15-14-24(28(32)29(25)33)20-7-5-19(2)6-8-20/h5-8,11,14-16,18,21,23H,3-4,9-10,12-13,17H2,1-2H3. The van der Waals surface area contributed by atoms with Gasteiger partial charge in [0, 0.05) is 5.56 Å². The molecule has 0 radical (unpaired) electrons. The minimum Gasteiger partial charge on any atom is -0.491 e. The van der Waals surface area contributed by atoms with Crippen LogP contribution in [0.25, 0.3) is 11.1 Å². The number of aryl methyl sites for hydroxylation is 1. The van der Waals surface area contributed by atoms with E-state index < -0.39 is 23.4 Å². The first-order valence-corrected chi connectivity index (χ1v) is 12.6. The van der Waals surface area contributed by atoms with Crippen molar-refractivity contribution in [3.63, 3.8) is 0 Å². The maximum Gasteiger partial charge on any atom is 0.338 e. The zero-order chi connectivity index (χ0) is 25.7. The van der Waals surface area contributed by atoms with Gasteiger partial charge in [0.05, 0.1) is 12.2 Å². The number of rotatable bonds is 8. The van der Waals surface area contributed by atoms with Gasteiger partial charge in [-0.3, -0.25) is 0 Å². The summed E-state index contributed by atoms with van der Waals surface area (Å²) in [7, 11) is 0. The van der Waals surface area contributed by atoms with E-state index in [0.717, 1.165) is 24.5 Å². The van der Waals surface area contributed by atoms with Gasteiger partial charge in [-0.1, -0.05) is 55.3 Å². The van der Waals surface area contributed by atoms with Crippen molar-refractivity contribution in [3.8, 4) is 16.9 Å². The molecule has 3 nitrogen and oxygen atoms in total. The topological polar surface area (TPSA) is 35.5 Å². The predicted molar refractivity (Wildman–Crippen MR) is 134 cm³/mol. The Morgan fingerprint density at radius 3 is 2.31 bits per heavy atom. The Labute approximate surface area is 210 Å². The van der Waals surface area contributed by atoms with Crippen LogP contribution in [0, 0.1) is 24.4 Å². The van der Waals surface area contributed by atoms with E-state index in [1.54, 1.807) is 24.3 Å². The number of hydrogen-bond acceptors (Lipinski definition) is 3. The summed E-state index contributed by atoms with van der Waals surface area (Å²) in [6.45, 7) is 4.37. The Bertz CT molecular complexity index is 1200. The van der Waals surface area contributed by atoms with E-state index in [2.05, 4.69) is 0 Å². The monoisotopic (exact) mass is 496 g/mol. The van der Waals surface area contributed by atoms with Gasteiger partial charge in [0.2, 0.25) is 0 Å². The molecule has 0 spiro atoms. The zero-order valence-corrected chi connectivity index (χ0v) is 20.7. The molecule has 1 saturated carbocycles. The van der Waals surface area contributed by atoms with E-state index >= 15 is 4.39 Å². The quantitative estimate of drug-likeness (QED) is 0.233. The van der Waals surface area contributed by atoms with Crippen LogP contribution < -0.4 is 4.74 Å². The summed E-state index contributed by atoms with van der Waals surface area (Å²) >= 11 is 0. The fourth-order valence-corrected chi connectivity index (χ4v) is 4.62. The summed E-state index contributed by atoms with van der Waals surface area (Å²) in [6, 6.07) is 14.7. The first-order chi connectivity index (χ1) is 17.4. The van der Waals surface area contributed by atoms with Gasteiger partial charge < -0.3 is 9.47 Å². The first kappa shape index (κ1) is 25.8. The average molecular weight is 497 g/mol. The van der Waals surface area contributed by atoms with E-state index in [-0.39, 0.29) is 28.9 Å². The van der Waals surface area contributed by atoms with Gasteiger partial charge in [0.25, 0.3) is 0 Å². The third-order valence-electron chi connectivity index (χ3n) is 6.79. The van der Waals surface area contributed by atoms with Crippen molar-refractivity contribution in [3.05, 3.63) is 88.7 Å². The number of hydrogen-bond donors (Lipinski definition) is 0. The molecule has 0 saturated heterocycles. The third kappa shape index (κ3) is 5.92. The molecule has 0 aromatic heterocycles. The second kappa shape index (κ2) is 11.6. The van der Waals surface area contributed by atoms with Gasteiger partial charge >= 0.3 is 5.97 Å². The van der Waals surface area contributed by atoms with Crippen LogP contribution in [0.5, 0.6) is 5.75 Å². The average Bonchev–Trinajstić information content (AvgIpc) is 2.88. The lowest BCUT2D eigenvalue weighted by molar-refractivity contribution is 0.0193. The van der Waals surface area contributed by atoms with Crippen LogP contribution in [0.3, 0.4) is 0 Å². The van der Waals surface area contributed by atoms with Crippen LogP contribution in [-0.2, 0) is 4.74 Å². The molecule has 0 aliphatic heterocycles. The molecule has 3 aromatic carbocycles. The molecule has 1 fully saturated rings. The SMILES string of the molecule is CCCCOc1ccc(C(=O)OC2CCC(c3ccc(-c4ccc(C)cc4)c(F)c3F)CC2)cc1F. The van der Waals surface area contributed by atoms with Gasteiger partial charge in [0.1, 0.15) is 6.10 Å². The summed E-state index contributed by atoms with van der Waals surface area (Å²) in [5.74, 6) is -2.89. The molecule has 190 valence electrons. The first-order valence-electron chi connectivity index (χ1n) is 12.6.